The summed E-state index contributed by atoms with van der Waals surface area (Å²) in [6.45, 7) is 1.83. The van der Waals surface area contributed by atoms with Crippen molar-refractivity contribution in [2.24, 2.45) is 11.1 Å². The fraction of sp³-hybridized carbons (Fsp3) is 0.500. The highest BCUT2D eigenvalue weighted by molar-refractivity contribution is 5.80. The number of imidazole rings is 1. The molecule has 36 heavy (non-hydrogen) atoms. The molecule has 2 saturated carbocycles. The Morgan fingerprint density at radius 1 is 1.14 bits per heavy atom. The van der Waals surface area contributed by atoms with Gasteiger partial charge in [0.25, 0.3) is 0 Å². The average molecular weight is 504 g/mol. The second-order valence-corrected chi connectivity index (χ2v) is 10.0. The number of nitrogens with one attached hydrogen (secondary N) is 2. The third-order valence-electron chi connectivity index (χ3n) is 7.43. The van der Waals surface area contributed by atoms with Crippen molar-refractivity contribution in [2.45, 2.75) is 70.1 Å². The molecule has 0 spiro atoms. The molecular weight excluding hydrogens is 475 g/mol. The molecule has 2 aliphatic rings. The van der Waals surface area contributed by atoms with Crippen molar-refractivity contribution < 1.29 is 23.1 Å². The number of halogens is 3. The number of hydrogen-bond acceptors (Lipinski definition) is 7. The molecular formula is C24H28F3N7O2. The maximum atomic E-state index is 14.5. The molecule has 5 rings (SSSR count). The predicted octanol–water partition coefficient (Wildman–Crippen LogP) is 3.92. The zero-order valence-electron chi connectivity index (χ0n) is 19.8. The zero-order chi connectivity index (χ0) is 25.6. The Bertz CT molecular complexity index is 1280. The summed E-state index contributed by atoms with van der Waals surface area (Å²) in [5.74, 6) is -3.09. The van der Waals surface area contributed by atoms with Crippen molar-refractivity contribution in [3.8, 4) is 0 Å². The van der Waals surface area contributed by atoms with Gasteiger partial charge in [0, 0.05) is 29.6 Å². The SMILES string of the molecule is C[C@]1(C(N)=O)CC[C@H](n2c(Nc3c(F)cc(F)cc3F)nc3cnc(N[C@H]4CC[C@H](O)C4)nc32)CC1. The molecule has 0 unspecified atom stereocenters. The van der Waals surface area contributed by atoms with Crippen molar-refractivity contribution in [2.75, 3.05) is 10.6 Å². The Morgan fingerprint density at radius 3 is 2.44 bits per heavy atom. The molecule has 0 saturated heterocycles. The van der Waals surface area contributed by atoms with E-state index in [1.54, 1.807) is 4.57 Å². The van der Waals surface area contributed by atoms with Gasteiger partial charge in [0.15, 0.2) is 17.3 Å². The fourth-order valence-corrected chi connectivity index (χ4v) is 5.18. The molecule has 1 aromatic carbocycles. The third kappa shape index (κ3) is 4.57. The maximum Gasteiger partial charge on any atom is 0.224 e. The Morgan fingerprint density at radius 2 is 1.83 bits per heavy atom. The average Bonchev–Trinajstić information content (AvgIpc) is 3.39. The number of hydrogen-bond donors (Lipinski definition) is 4. The van der Waals surface area contributed by atoms with Crippen molar-refractivity contribution in [1.29, 1.82) is 0 Å². The minimum absolute atomic E-state index is 0.0276. The highest BCUT2D eigenvalue weighted by Crippen LogP contribution is 2.43. The Hall–Kier alpha value is -3.41. The number of rotatable bonds is 6. The zero-order valence-corrected chi connectivity index (χ0v) is 19.8. The monoisotopic (exact) mass is 503 g/mol. The Balaban J connectivity index is 1.53. The van der Waals surface area contributed by atoms with E-state index in [2.05, 4.69) is 25.6 Å². The lowest BCUT2D eigenvalue weighted by atomic mass is 9.73. The lowest BCUT2D eigenvalue weighted by Crippen LogP contribution is -2.38. The van der Waals surface area contributed by atoms with Gasteiger partial charge in [0.05, 0.1) is 12.3 Å². The minimum Gasteiger partial charge on any atom is -0.393 e. The molecule has 5 N–H and O–H groups in total. The van der Waals surface area contributed by atoms with Gasteiger partial charge in [0.2, 0.25) is 17.8 Å². The third-order valence-corrected chi connectivity index (χ3v) is 7.43. The van der Waals surface area contributed by atoms with Gasteiger partial charge in [-0.3, -0.25) is 9.36 Å². The summed E-state index contributed by atoms with van der Waals surface area (Å²) in [7, 11) is 0. The van der Waals surface area contributed by atoms with E-state index in [1.165, 1.54) is 6.20 Å². The van der Waals surface area contributed by atoms with Crippen LogP contribution in [0.4, 0.5) is 30.8 Å². The molecule has 2 atom stereocenters. The van der Waals surface area contributed by atoms with Gasteiger partial charge in [-0.1, -0.05) is 6.92 Å². The van der Waals surface area contributed by atoms with Gasteiger partial charge in [-0.25, -0.2) is 23.1 Å². The molecule has 12 heteroatoms. The van der Waals surface area contributed by atoms with E-state index in [1.807, 2.05) is 6.92 Å². The smallest absolute Gasteiger partial charge is 0.224 e. The van der Waals surface area contributed by atoms with Crippen LogP contribution in [0, 0.1) is 22.9 Å². The summed E-state index contributed by atoms with van der Waals surface area (Å²) in [6, 6.07) is 1.02. The minimum atomic E-state index is -1.09. The van der Waals surface area contributed by atoms with Crippen LogP contribution in [-0.2, 0) is 4.79 Å². The number of anilines is 3. The number of fused-ring (bicyclic) bond motifs is 1. The predicted molar refractivity (Wildman–Crippen MR) is 127 cm³/mol. The number of aliphatic hydroxyl groups is 1. The molecule has 2 fully saturated rings. The van der Waals surface area contributed by atoms with Crippen LogP contribution in [0.5, 0.6) is 0 Å². The van der Waals surface area contributed by atoms with Crippen LogP contribution in [0.3, 0.4) is 0 Å². The summed E-state index contributed by atoms with van der Waals surface area (Å²) in [5, 5.41) is 15.8. The van der Waals surface area contributed by atoms with Gasteiger partial charge in [0.1, 0.15) is 17.0 Å². The molecule has 0 radical (unpaired) electrons. The molecule has 2 heterocycles. The van der Waals surface area contributed by atoms with Crippen LogP contribution < -0.4 is 16.4 Å². The van der Waals surface area contributed by atoms with E-state index in [0.717, 1.165) is 6.42 Å². The number of carbonyl (C=O) groups is 1. The van der Waals surface area contributed by atoms with Crippen LogP contribution in [0.25, 0.3) is 11.2 Å². The largest absolute Gasteiger partial charge is 0.393 e. The molecule has 2 aliphatic carbocycles. The summed E-state index contributed by atoms with van der Waals surface area (Å²) in [4.78, 5) is 25.4. The summed E-state index contributed by atoms with van der Waals surface area (Å²) in [6.07, 6.45) is 5.41. The van der Waals surface area contributed by atoms with E-state index in [-0.39, 0.29) is 30.0 Å². The summed E-state index contributed by atoms with van der Waals surface area (Å²) in [5.41, 5.74) is 5.29. The first-order chi connectivity index (χ1) is 17.1. The van der Waals surface area contributed by atoms with Gasteiger partial charge < -0.3 is 21.5 Å². The lowest BCUT2D eigenvalue weighted by molar-refractivity contribution is -0.128. The lowest BCUT2D eigenvalue weighted by Gasteiger charge is -2.35. The van der Waals surface area contributed by atoms with Gasteiger partial charge in [-0.15, -0.1) is 0 Å². The normalized spacial score (nSPS) is 26.3. The molecule has 0 bridgehead atoms. The number of aliphatic hydroxyl groups excluding tert-OH is 1. The van der Waals surface area contributed by atoms with E-state index in [0.29, 0.717) is 67.8 Å². The first-order valence-corrected chi connectivity index (χ1v) is 12.0. The second-order valence-electron chi connectivity index (χ2n) is 10.0. The van der Waals surface area contributed by atoms with Crippen LogP contribution in [0.2, 0.25) is 0 Å². The van der Waals surface area contributed by atoms with Crippen LogP contribution in [0.15, 0.2) is 18.3 Å². The highest BCUT2D eigenvalue weighted by Gasteiger charge is 2.38. The van der Waals surface area contributed by atoms with Crippen molar-refractivity contribution in [3.05, 3.63) is 35.8 Å². The van der Waals surface area contributed by atoms with Gasteiger partial charge in [-0.2, -0.15) is 4.98 Å². The van der Waals surface area contributed by atoms with Crippen molar-refractivity contribution >= 4 is 34.7 Å². The van der Waals surface area contributed by atoms with E-state index in [9.17, 15) is 23.1 Å². The maximum absolute atomic E-state index is 14.5. The van der Waals surface area contributed by atoms with Crippen LogP contribution in [-0.4, -0.2) is 42.7 Å². The van der Waals surface area contributed by atoms with Crippen LogP contribution >= 0.6 is 0 Å². The first kappa shape index (κ1) is 24.3. The van der Waals surface area contributed by atoms with Gasteiger partial charge in [-0.05, 0) is 44.9 Å². The Kier molecular flexibility index (Phi) is 6.23. The molecule has 3 aromatic rings. The summed E-state index contributed by atoms with van der Waals surface area (Å²) < 4.78 is 44.1. The second kappa shape index (κ2) is 9.23. The van der Waals surface area contributed by atoms with Crippen molar-refractivity contribution in [1.82, 2.24) is 19.5 Å². The summed E-state index contributed by atoms with van der Waals surface area (Å²) >= 11 is 0. The number of nitrogens with two attached hydrogens (primary N) is 1. The number of benzene rings is 1. The quantitative estimate of drug-likeness (QED) is 0.401. The van der Waals surface area contributed by atoms with Crippen molar-refractivity contribution in [3.63, 3.8) is 0 Å². The standard InChI is InChI=1S/C24H28F3N7O2/c1-24(21(28)36)6-4-14(5-7-24)34-20-18(11-29-22(33-20)30-13-2-3-15(35)10-13)31-23(34)32-19-16(26)8-12(25)9-17(19)27/h8-9,11,13-15,35H,2-7,10H2,1H3,(H2,28,36)(H,31,32)(H,29,30,33)/t13-,14-,15-,24-/m0/s1. The molecule has 1 amide bonds. The molecule has 2 aromatic heterocycles. The highest BCUT2D eigenvalue weighted by atomic mass is 19.1. The number of amides is 1. The Labute approximate surface area is 205 Å². The van der Waals surface area contributed by atoms with E-state index >= 15 is 0 Å². The number of carbonyl (C=O) groups excluding carboxylic acids is 1. The molecule has 192 valence electrons. The topological polar surface area (TPSA) is 131 Å². The number of nitrogens with zero attached hydrogens (tertiary/aromatic N) is 4. The van der Waals surface area contributed by atoms with E-state index in [4.69, 9.17) is 5.73 Å². The molecule has 0 aliphatic heterocycles. The molecule has 9 nitrogen and oxygen atoms in total. The van der Waals surface area contributed by atoms with E-state index < -0.39 is 28.6 Å². The number of aromatic nitrogens is 4. The number of primary amides is 1. The first-order valence-electron chi connectivity index (χ1n) is 12.0. The van der Waals surface area contributed by atoms with Gasteiger partial charge >= 0.3 is 0 Å². The fourth-order valence-electron chi connectivity index (χ4n) is 5.18. The van der Waals surface area contributed by atoms with Crippen LogP contribution in [0.1, 0.15) is 57.9 Å².